The first-order chi connectivity index (χ1) is 20.2. The van der Waals surface area contributed by atoms with E-state index in [9.17, 15) is 18.0 Å². The van der Waals surface area contributed by atoms with Crippen LogP contribution in [0.25, 0.3) is 10.9 Å². The highest BCUT2D eigenvalue weighted by Crippen LogP contribution is 2.29. The number of esters is 1. The van der Waals surface area contributed by atoms with Gasteiger partial charge < -0.3 is 10.1 Å². The first kappa shape index (κ1) is 29.1. The lowest BCUT2D eigenvalue weighted by molar-refractivity contribution is -0.124. The lowest BCUT2D eigenvalue weighted by Crippen LogP contribution is -2.35. The molecule has 2 N–H and O–H groups in total. The van der Waals surface area contributed by atoms with Gasteiger partial charge in [-0.1, -0.05) is 32.0 Å². The summed E-state index contributed by atoms with van der Waals surface area (Å²) >= 11 is 0. The van der Waals surface area contributed by atoms with Crippen LogP contribution in [0.4, 0.5) is 11.6 Å². The molecule has 1 unspecified atom stereocenters. The molecule has 0 aliphatic carbocycles. The summed E-state index contributed by atoms with van der Waals surface area (Å²) in [5.74, 6) is -1.13. The Morgan fingerprint density at radius 2 is 1.81 bits per heavy atom. The molecule has 0 bridgehead atoms. The van der Waals surface area contributed by atoms with Gasteiger partial charge in [-0.3, -0.25) is 14.7 Å². The predicted octanol–water partition coefficient (Wildman–Crippen LogP) is 4.09. The Bertz CT molecular complexity index is 1740. The highest BCUT2D eigenvalue weighted by molar-refractivity contribution is 7.92. The SMILES string of the molecule is CCC(OC(=O)c1c2c(nc3ccccc13)CCN(CC)C2)C(=O)Nc1ccc(S(=O)(=O)Nc2nccc(C)n2)cc1. The quantitative estimate of drug-likeness (QED) is 0.276. The maximum atomic E-state index is 13.6. The van der Waals surface area contributed by atoms with Gasteiger partial charge in [0, 0.05) is 53.7 Å². The fourth-order valence-corrected chi connectivity index (χ4v) is 5.83. The van der Waals surface area contributed by atoms with Crippen molar-refractivity contribution >= 4 is 44.4 Å². The lowest BCUT2D eigenvalue weighted by atomic mass is 9.95. The number of amides is 1. The number of ether oxygens (including phenoxy) is 1. The van der Waals surface area contributed by atoms with Gasteiger partial charge >= 0.3 is 5.97 Å². The zero-order valence-corrected chi connectivity index (χ0v) is 24.4. The number of nitrogens with zero attached hydrogens (tertiary/aromatic N) is 4. The zero-order valence-electron chi connectivity index (χ0n) is 23.6. The van der Waals surface area contributed by atoms with Gasteiger partial charge in [-0.2, -0.15) is 0 Å². The van der Waals surface area contributed by atoms with Gasteiger partial charge in [-0.25, -0.2) is 27.9 Å². The summed E-state index contributed by atoms with van der Waals surface area (Å²) in [4.78, 5) is 41.8. The number of anilines is 2. The second kappa shape index (κ2) is 12.2. The molecule has 1 atom stereocenters. The van der Waals surface area contributed by atoms with Gasteiger partial charge in [0.05, 0.1) is 16.0 Å². The van der Waals surface area contributed by atoms with Gasteiger partial charge in [0.1, 0.15) is 0 Å². The molecular formula is C30H32N6O5S. The summed E-state index contributed by atoms with van der Waals surface area (Å²) in [5, 5.41) is 3.42. The monoisotopic (exact) mass is 588 g/mol. The maximum absolute atomic E-state index is 13.6. The van der Waals surface area contributed by atoms with Crippen LogP contribution in [0.15, 0.2) is 65.7 Å². The number of nitrogens with one attached hydrogen (secondary N) is 2. The van der Waals surface area contributed by atoms with Crippen LogP contribution in [0.5, 0.6) is 0 Å². The van der Waals surface area contributed by atoms with E-state index in [2.05, 4.69) is 31.8 Å². The molecule has 0 saturated carbocycles. The third kappa shape index (κ3) is 6.24. The molecule has 0 radical (unpaired) electrons. The van der Waals surface area contributed by atoms with E-state index in [1.165, 1.54) is 30.5 Å². The second-order valence-corrected chi connectivity index (χ2v) is 11.7. The Morgan fingerprint density at radius 3 is 2.52 bits per heavy atom. The Balaban J connectivity index is 1.32. The molecule has 0 saturated heterocycles. The molecule has 3 heterocycles. The van der Waals surface area contributed by atoms with Gasteiger partial charge in [0.25, 0.3) is 15.9 Å². The largest absolute Gasteiger partial charge is 0.449 e. The van der Waals surface area contributed by atoms with Crippen molar-refractivity contribution in [2.45, 2.75) is 51.2 Å². The van der Waals surface area contributed by atoms with Crippen molar-refractivity contribution in [2.24, 2.45) is 0 Å². The molecule has 5 rings (SSSR count). The van der Waals surface area contributed by atoms with Crippen molar-refractivity contribution in [3.8, 4) is 0 Å². The van der Waals surface area contributed by atoms with Crippen molar-refractivity contribution in [3.63, 3.8) is 0 Å². The van der Waals surface area contributed by atoms with Gasteiger partial charge in [0.15, 0.2) is 6.10 Å². The number of rotatable bonds is 9. The molecule has 1 aliphatic heterocycles. The van der Waals surface area contributed by atoms with Crippen LogP contribution >= 0.6 is 0 Å². The average Bonchev–Trinajstić information content (AvgIpc) is 2.98. The number of likely N-dealkylation sites (N-methyl/N-ethyl adjacent to an activating group) is 1. The van der Waals surface area contributed by atoms with Crippen molar-refractivity contribution in [2.75, 3.05) is 23.1 Å². The molecule has 218 valence electrons. The van der Waals surface area contributed by atoms with Crippen LogP contribution < -0.4 is 10.0 Å². The summed E-state index contributed by atoms with van der Waals surface area (Å²) in [6.45, 7) is 7.84. The van der Waals surface area contributed by atoms with E-state index in [1.54, 1.807) is 19.9 Å². The number of pyridine rings is 1. The predicted molar refractivity (Wildman–Crippen MR) is 159 cm³/mol. The molecule has 1 aliphatic rings. The molecule has 0 spiro atoms. The van der Waals surface area contributed by atoms with Crippen molar-refractivity contribution in [1.29, 1.82) is 0 Å². The molecular weight excluding hydrogens is 556 g/mol. The minimum absolute atomic E-state index is 0.0282. The number of sulfonamides is 1. The smallest absolute Gasteiger partial charge is 0.340 e. The van der Waals surface area contributed by atoms with Crippen molar-refractivity contribution < 1.29 is 22.7 Å². The number of fused-ring (bicyclic) bond motifs is 2. The van der Waals surface area contributed by atoms with Crippen LogP contribution in [0.2, 0.25) is 0 Å². The van der Waals surface area contributed by atoms with E-state index in [1.807, 2.05) is 24.3 Å². The molecule has 1 amide bonds. The number of hydrogen-bond donors (Lipinski definition) is 2. The highest BCUT2D eigenvalue weighted by Gasteiger charge is 2.29. The molecule has 2 aromatic carbocycles. The van der Waals surface area contributed by atoms with Crippen LogP contribution in [0, 0.1) is 6.92 Å². The summed E-state index contributed by atoms with van der Waals surface area (Å²) in [7, 11) is -3.94. The fraction of sp³-hybridized carbons (Fsp3) is 0.300. The van der Waals surface area contributed by atoms with Crippen LogP contribution in [0.1, 0.15) is 47.6 Å². The Kier molecular flexibility index (Phi) is 8.46. The van der Waals surface area contributed by atoms with E-state index in [0.717, 1.165) is 30.8 Å². The maximum Gasteiger partial charge on any atom is 0.340 e. The molecule has 4 aromatic rings. The van der Waals surface area contributed by atoms with Gasteiger partial charge in [0.2, 0.25) is 5.95 Å². The second-order valence-electron chi connectivity index (χ2n) is 9.99. The number of para-hydroxylation sites is 1. The third-order valence-electron chi connectivity index (χ3n) is 7.14. The van der Waals surface area contributed by atoms with E-state index in [-0.39, 0.29) is 17.3 Å². The van der Waals surface area contributed by atoms with E-state index in [0.29, 0.717) is 34.4 Å². The number of hydrogen-bond acceptors (Lipinski definition) is 9. The fourth-order valence-electron chi connectivity index (χ4n) is 4.88. The van der Waals surface area contributed by atoms with Crippen LogP contribution in [-0.4, -0.2) is 59.3 Å². The van der Waals surface area contributed by atoms with Crippen molar-refractivity contribution in [1.82, 2.24) is 19.9 Å². The standard InChI is InChI=1S/C30H32N6O5S/c1-4-26(28(37)33-20-10-12-21(13-11-20)42(39,40)35-30-31-16-14-19(3)32-30)41-29(38)27-22-8-6-7-9-24(22)34-25-15-17-36(5-2)18-23(25)27/h6-14,16,26H,4-5,15,17-18H2,1-3H3,(H,33,37)(H,31,32,35). The Hall–Kier alpha value is -4.42. The average molecular weight is 589 g/mol. The lowest BCUT2D eigenvalue weighted by Gasteiger charge is -2.29. The summed E-state index contributed by atoms with van der Waals surface area (Å²) in [6, 6.07) is 14.7. The highest BCUT2D eigenvalue weighted by atomic mass is 32.2. The van der Waals surface area contributed by atoms with E-state index >= 15 is 0 Å². The molecule has 12 heteroatoms. The van der Waals surface area contributed by atoms with Crippen LogP contribution in [-0.2, 0) is 32.5 Å². The Labute approximate surface area is 244 Å². The number of benzene rings is 2. The van der Waals surface area contributed by atoms with E-state index < -0.39 is 28.0 Å². The number of aryl methyl sites for hydroxylation is 1. The molecule has 2 aromatic heterocycles. The summed E-state index contributed by atoms with van der Waals surface area (Å²) in [6.07, 6.45) is 1.37. The first-order valence-corrected chi connectivity index (χ1v) is 15.2. The normalized spacial score (nSPS) is 14.2. The summed E-state index contributed by atoms with van der Waals surface area (Å²) < 4.78 is 33.6. The minimum atomic E-state index is -3.94. The number of aromatic nitrogens is 3. The van der Waals surface area contributed by atoms with Crippen molar-refractivity contribution in [3.05, 3.63) is 83.3 Å². The summed E-state index contributed by atoms with van der Waals surface area (Å²) in [5.41, 5.74) is 3.84. The first-order valence-electron chi connectivity index (χ1n) is 13.8. The molecule has 42 heavy (non-hydrogen) atoms. The Morgan fingerprint density at radius 1 is 1.05 bits per heavy atom. The van der Waals surface area contributed by atoms with E-state index in [4.69, 9.17) is 9.72 Å². The van der Waals surface area contributed by atoms with Gasteiger partial charge in [-0.15, -0.1) is 0 Å². The van der Waals surface area contributed by atoms with Crippen LogP contribution in [0.3, 0.4) is 0 Å². The van der Waals surface area contributed by atoms with Gasteiger partial charge in [-0.05, 0) is 56.3 Å². The molecule has 0 fully saturated rings. The number of carbonyl (C=O) groups is 2. The third-order valence-corrected chi connectivity index (χ3v) is 8.49. The zero-order chi connectivity index (χ0) is 29.9. The molecule has 11 nitrogen and oxygen atoms in total. The minimum Gasteiger partial charge on any atom is -0.449 e. The topological polar surface area (TPSA) is 143 Å². The number of carbonyl (C=O) groups excluding carboxylic acids is 2.